The van der Waals surface area contributed by atoms with Gasteiger partial charge in [0.25, 0.3) is 5.56 Å². The number of benzene rings is 3. The number of terminal acetylenes is 1. The number of ether oxygens (including phenoxy) is 1. The van der Waals surface area contributed by atoms with E-state index in [-0.39, 0.29) is 12.2 Å². The molecule has 0 atom stereocenters. The van der Waals surface area contributed by atoms with Crippen molar-refractivity contribution in [3.05, 3.63) is 92.3 Å². The fourth-order valence-corrected chi connectivity index (χ4v) is 3.66. The number of nitrogens with zero attached hydrogens (tertiary/aromatic N) is 3. The first-order valence-electron chi connectivity index (χ1n) is 9.15. The van der Waals surface area contributed by atoms with Crippen molar-refractivity contribution in [1.82, 2.24) is 9.66 Å². The normalized spacial score (nSPS) is 10.9. The summed E-state index contributed by atoms with van der Waals surface area (Å²) in [5.74, 6) is 3.64. The van der Waals surface area contributed by atoms with Crippen LogP contribution in [0.5, 0.6) is 5.75 Å². The number of para-hydroxylation sites is 1. The van der Waals surface area contributed by atoms with E-state index in [0.29, 0.717) is 22.5 Å². The third-order valence-electron chi connectivity index (χ3n) is 4.38. The van der Waals surface area contributed by atoms with E-state index in [1.54, 1.807) is 12.3 Å². The Kier molecular flexibility index (Phi) is 5.91. The average Bonchev–Trinajstić information content (AvgIpc) is 2.78. The Morgan fingerprint density at radius 3 is 2.63 bits per heavy atom. The van der Waals surface area contributed by atoms with E-state index in [4.69, 9.17) is 16.1 Å². The maximum absolute atomic E-state index is 13.2. The molecule has 1 heterocycles. The highest BCUT2D eigenvalue weighted by Crippen LogP contribution is 2.22. The highest BCUT2D eigenvalue weighted by atomic mass is 127. The molecule has 4 rings (SSSR count). The van der Waals surface area contributed by atoms with Crippen LogP contribution in [0.25, 0.3) is 22.3 Å². The van der Waals surface area contributed by atoms with Crippen LogP contribution in [0.4, 0.5) is 0 Å². The van der Waals surface area contributed by atoms with Crippen LogP contribution in [0.3, 0.4) is 0 Å². The van der Waals surface area contributed by atoms with Crippen LogP contribution in [0.15, 0.2) is 82.7 Å². The summed E-state index contributed by atoms with van der Waals surface area (Å²) in [4.78, 5) is 17.8. The molecule has 0 aliphatic heterocycles. The maximum Gasteiger partial charge on any atom is 0.282 e. The van der Waals surface area contributed by atoms with Crippen molar-refractivity contribution in [3.63, 3.8) is 0 Å². The van der Waals surface area contributed by atoms with Gasteiger partial charge in [-0.1, -0.05) is 48.4 Å². The zero-order valence-electron chi connectivity index (χ0n) is 15.8. The number of hydrogen-bond donors (Lipinski definition) is 0. The Morgan fingerprint density at radius 1 is 1.10 bits per heavy atom. The van der Waals surface area contributed by atoms with Gasteiger partial charge in [0.05, 0.1) is 20.7 Å². The zero-order chi connectivity index (χ0) is 20.9. The summed E-state index contributed by atoms with van der Waals surface area (Å²) in [6.45, 7) is 0.210. The van der Waals surface area contributed by atoms with Crippen LogP contribution < -0.4 is 10.3 Å². The van der Waals surface area contributed by atoms with Gasteiger partial charge < -0.3 is 4.74 Å². The number of fused-ring (bicyclic) bond motifs is 1. The summed E-state index contributed by atoms with van der Waals surface area (Å²) in [6.07, 6.45) is 6.88. The highest BCUT2D eigenvalue weighted by molar-refractivity contribution is 14.1. The first-order chi connectivity index (χ1) is 14.7. The molecule has 0 aliphatic rings. The molecule has 0 bridgehead atoms. The van der Waals surface area contributed by atoms with Gasteiger partial charge in [-0.15, -0.1) is 6.42 Å². The fraction of sp³-hybridized carbons (Fsp3) is 0.0417. The van der Waals surface area contributed by atoms with E-state index >= 15 is 0 Å². The van der Waals surface area contributed by atoms with Crippen LogP contribution in [0, 0.1) is 15.9 Å². The molecule has 0 amide bonds. The molecule has 0 saturated carbocycles. The zero-order valence-corrected chi connectivity index (χ0v) is 18.0. The lowest BCUT2D eigenvalue weighted by atomic mass is 10.2. The Bertz CT molecular complexity index is 1340. The van der Waals surface area contributed by atoms with Crippen molar-refractivity contribution in [3.8, 4) is 29.5 Å². The minimum atomic E-state index is -0.223. The van der Waals surface area contributed by atoms with Crippen LogP contribution in [-0.2, 0) is 0 Å². The van der Waals surface area contributed by atoms with Crippen molar-refractivity contribution in [2.45, 2.75) is 0 Å². The second kappa shape index (κ2) is 8.93. The fourth-order valence-electron chi connectivity index (χ4n) is 2.96. The van der Waals surface area contributed by atoms with E-state index in [2.05, 4.69) is 33.6 Å². The van der Waals surface area contributed by atoms with Crippen molar-refractivity contribution < 1.29 is 4.74 Å². The molecule has 0 N–H and O–H groups in total. The first kappa shape index (κ1) is 19.9. The van der Waals surface area contributed by atoms with E-state index in [9.17, 15) is 4.79 Å². The lowest BCUT2D eigenvalue weighted by molar-refractivity contribution is 0.368. The molecule has 0 saturated heterocycles. The molecule has 0 radical (unpaired) electrons. The molecule has 0 spiro atoms. The molecule has 5 nitrogen and oxygen atoms in total. The van der Waals surface area contributed by atoms with Crippen molar-refractivity contribution in [2.75, 3.05) is 6.61 Å². The molecule has 146 valence electrons. The SMILES string of the molecule is C#CCOc1ccc(C=Nn2c(-c3ccccc3)nc3ccccc3c2=O)cc1I. The van der Waals surface area contributed by atoms with Gasteiger partial charge in [0.15, 0.2) is 5.82 Å². The van der Waals surface area contributed by atoms with Crippen LogP contribution in [0.1, 0.15) is 5.56 Å². The molecule has 0 aliphatic carbocycles. The van der Waals surface area contributed by atoms with Crippen molar-refractivity contribution in [1.29, 1.82) is 0 Å². The molecule has 0 unspecified atom stereocenters. The summed E-state index contributed by atoms with van der Waals surface area (Å²) in [6, 6.07) is 22.4. The van der Waals surface area contributed by atoms with Gasteiger partial charge >= 0.3 is 0 Å². The number of halogens is 1. The van der Waals surface area contributed by atoms with Crippen LogP contribution in [-0.4, -0.2) is 22.5 Å². The molecular formula is C24H16IN3O2. The van der Waals surface area contributed by atoms with Crippen molar-refractivity contribution in [2.24, 2.45) is 5.10 Å². The summed E-state index contributed by atoms with van der Waals surface area (Å²) in [5.41, 5.74) is 2.05. The predicted molar refractivity (Wildman–Crippen MR) is 128 cm³/mol. The second-order valence-electron chi connectivity index (χ2n) is 6.36. The molecular weight excluding hydrogens is 489 g/mol. The largest absolute Gasteiger partial charge is 0.480 e. The molecule has 0 fully saturated rings. The molecule has 4 aromatic rings. The predicted octanol–water partition coefficient (Wildman–Crippen LogP) is 4.56. The van der Waals surface area contributed by atoms with Gasteiger partial charge in [-0.25, -0.2) is 4.98 Å². The highest BCUT2D eigenvalue weighted by Gasteiger charge is 2.12. The first-order valence-corrected chi connectivity index (χ1v) is 10.2. The Morgan fingerprint density at radius 2 is 1.87 bits per heavy atom. The number of aromatic nitrogens is 2. The van der Waals surface area contributed by atoms with E-state index in [1.165, 1.54) is 4.68 Å². The van der Waals surface area contributed by atoms with E-state index in [1.807, 2.05) is 66.7 Å². The van der Waals surface area contributed by atoms with Crippen LogP contribution >= 0.6 is 22.6 Å². The number of rotatable bonds is 5. The third-order valence-corrected chi connectivity index (χ3v) is 5.22. The Labute approximate surface area is 187 Å². The standard InChI is InChI=1S/C24H16IN3O2/c1-2-14-30-22-13-12-17(15-20(22)25)16-26-28-23(18-8-4-3-5-9-18)27-21-11-7-6-10-19(21)24(28)29/h1,3-13,15-16H,14H2. The lowest BCUT2D eigenvalue weighted by Crippen LogP contribution is -2.20. The minimum absolute atomic E-state index is 0.210. The monoisotopic (exact) mass is 505 g/mol. The van der Waals surface area contributed by atoms with E-state index in [0.717, 1.165) is 14.7 Å². The Hall–Kier alpha value is -3.44. The summed E-state index contributed by atoms with van der Waals surface area (Å²) in [7, 11) is 0. The molecule has 3 aromatic carbocycles. The van der Waals surface area contributed by atoms with E-state index < -0.39 is 0 Å². The molecule has 1 aromatic heterocycles. The molecule has 6 heteroatoms. The van der Waals surface area contributed by atoms with Gasteiger partial charge in [0.2, 0.25) is 0 Å². The van der Waals surface area contributed by atoms with Gasteiger partial charge in [-0.3, -0.25) is 4.79 Å². The smallest absolute Gasteiger partial charge is 0.282 e. The van der Waals surface area contributed by atoms with Crippen molar-refractivity contribution >= 4 is 39.7 Å². The maximum atomic E-state index is 13.2. The Balaban J connectivity index is 1.80. The lowest BCUT2D eigenvalue weighted by Gasteiger charge is -2.09. The van der Waals surface area contributed by atoms with Gasteiger partial charge in [-0.05, 0) is 58.5 Å². The van der Waals surface area contributed by atoms with Gasteiger partial charge in [0.1, 0.15) is 12.4 Å². The average molecular weight is 505 g/mol. The summed E-state index contributed by atoms with van der Waals surface area (Å²) in [5, 5.41) is 4.99. The second-order valence-corrected chi connectivity index (χ2v) is 7.52. The summed E-state index contributed by atoms with van der Waals surface area (Å²) < 4.78 is 7.74. The van der Waals surface area contributed by atoms with Gasteiger partial charge in [0, 0.05) is 5.56 Å². The third kappa shape index (κ3) is 4.11. The number of hydrogen-bond acceptors (Lipinski definition) is 4. The summed E-state index contributed by atoms with van der Waals surface area (Å²) >= 11 is 2.18. The van der Waals surface area contributed by atoms with Crippen LogP contribution in [0.2, 0.25) is 0 Å². The molecule has 30 heavy (non-hydrogen) atoms. The minimum Gasteiger partial charge on any atom is -0.480 e. The van der Waals surface area contributed by atoms with Gasteiger partial charge in [-0.2, -0.15) is 9.78 Å². The quantitative estimate of drug-likeness (QED) is 0.227. The topological polar surface area (TPSA) is 56.5 Å².